The minimum absolute atomic E-state index is 0.0952. The summed E-state index contributed by atoms with van der Waals surface area (Å²) >= 11 is 0. The van der Waals surface area contributed by atoms with Crippen molar-refractivity contribution >= 4 is 11.5 Å². The monoisotopic (exact) mass is 269 g/mol. The van der Waals surface area contributed by atoms with Gasteiger partial charge in [-0.2, -0.15) is 13.2 Å². The molecule has 1 N–H and O–H groups in total. The van der Waals surface area contributed by atoms with Crippen LogP contribution in [0, 0.1) is 0 Å². The summed E-state index contributed by atoms with van der Waals surface area (Å²) < 4.78 is 36.1. The minimum Gasteiger partial charge on any atom is -0.345 e. The Morgan fingerprint density at radius 3 is 2.74 bits per heavy atom. The predicted molar refractivity (Wildman–Crippen MR) is 66.4 cm³/mol. The van der Waals surface area contributed by atoms with Gasteiger partial charge in [0.1, 0.15) is 0 Å². The van der Waals surface area contributed by atoms with Crippen molar-refractivity contribution < 1.29 is 18.0 Å². The Labute approximate surface area is 109 Å². The van der Waals surface area contributed by atoms with E-state index in [1.54, 1.807) is 6.08 Å². The normalized spacial score (nSPS) is 17.1. The number of carbonyl (C=O) groups excluding carboxylic acids is 1. The van der Waals surface area contributed by atoms with Crippen LogP contribution >= 0.6 is 0 Å². The fourth-order valence-corrected chi connectivity index (χ4v) is 2.23. The van der Waals surface area contributed by atoms with Crippen molar-refractivity contribution in [1.82, 2.24) is 5.32 Å². The molecule has 0 spiro atoms. The van der Waals surface area contributed by atoms with E-state index in [1.165, 1.54) is 5.56 Å². The van der Waals surface area contributed by atoms with E-state index in [0.717, 1.165) is 30.4 Å². The molecule has 0 radical (unpaired) electrons. The van der Waals surface area contributed by atoms with E-state index < -0.39 is 12.1 Å². The first-order valence-corrected chi connectivity index (χ1v) is 6.11. The van der Waals surface area contributed by atoms with E-state index >= 15 is 0 Å². The van der Waals surface area contributed by atoms with Crippen molar-refractivity contribution in [2.45, 2.75) is 25.4 Å². The molecule has 0 heterocycles. The summed E-state index contributed by atoms with van der Waals surface area (Å²) in [5, 5.41) is 1.86. The van der Waals surface area contributed by atoms with Gasteiger partial charge < -0.3 is 5.32 Å². The molecule has 19 heavy (non-hydrogen) atoms. The second-order valence-corrected chi connectivity index (χ2v) is 4.45. The van der Waals surface area contributed by atoms with Crippen molar-refractivity contribution in [3.8, 4) is 0 Å². The Bertz CT molecular complexity index is 506. The van der Waals surface area contributed by atoms with Crippen LogP contribution in [0.2, 0.25) is 0 Å². The Balaban J connectivity index is 2.04. The third-order valence-corrected chi connectivity index (χ3v) is 3.12. The molecule has 1 amide bonds. The number of benzene rings is 1. The molecule has 0 unspecified atom stereocenters. The van der Waals surface area contributed by atoms with Crippen LogP contribution in [0.1, 0.15) is 24.0 Å². The van der Waals surface area contributed by atoms with Crippen molar-refractivity contribution in [1.29, 1.82) is 0 Å². The van der Waals surface area contributed by atoms with Gasteiger partial charge >= 0.3 is 12.1 Å². The van der Waals surface area contributed by atoms with Crippen LogP contribution < -0.4 is 5.32 Å². The first-order valence-electron chi connectivity index (χ1n) is 6.11. The van der Waals surface area contributed by atoms with Gasteiger partial charge in [0, 0.05) is 6.54 Å². The number of fused-ring (bicyclic) bond motifs is 1. The molecule has 2 rings (SSSR count). The van der Waals surface area contributed by atoms with Gasteiger partial charge in [0.15, 0.2) is 0 Å². The zero-order valence-electron chi connectivity index (χ0n) is 10.3. The summed E-state index contributed by atoms with van der Waals surface area (Å²) in [6.45, 7) is -0.0952. The average Bonchev–Trinajstić information content (AvgIpc) is 2.38. The fraction of sp³-hybridized carbons (Fsp3) is 0.357. The molecule has 0 atom stereocenters. The lowest BCUT2D eigenvalue weighted by molar-refractivity contribution is -0.173. The Morgan fingerprint density at radius 1 is 1.26 bits per heavy atom. The number of aryl methyl sites for hydroxylation is 1. The summed E-state index contributed by atoms with van der Waals surface area (Å²) in [6, 6.07) is 7.85. The SMILES string of the molecule is O=C(NC/C=C1\CCCc2ccccc21)C(F)(F)F. The topological polar surface area (TPSA) is 29.1 Å². The molecule has 0 saturated heterocycles. The third kappa shape index (κ3) is 3.36. The Kier molecular flexibility index (Phi) is 3.93. The minimum atomic E-state index is -4.82. The maximum absolute atomic E-state index is 12.0. The number of nitrogens with one attached hydrogen (secondary N) is 1. The van der Waals surface area contributed by atoms with Gasteiger partial charge in [-0.15, -0.1) is 0 Å². The average molecular weight is 269 g/mol. The molecule has 0 fully saturated rings. The number of alkyl halides is 3. The van der Waals surface area contributed by atoms with Crippen LogP contribution in [0.25, 0.3) is 5.57 Å². The molecule has 2 nitrogen and oxygen atoms in total. The van der Waals surface area contributed by atoms with E-state index in [2.05, 4.69) is 0 Å². The highest BCUT2D eigenvalue weighted by atomic mass is 19.4. The second kappa shape index (κ2) is 5.47. The zero-order valence-corrected chi connectivity index (χ0v) is 10.3. The fourth-order valence-electron chi connectivity index (χ4n) is 2.23. The molecule has 1 aromatic carbocycles. The van der Waals surface area contributed by atoms with Crippen molar-refractivity contribution in [3.05, 3.63) is 41.5 Å². The smallest absolute Gasteiger partial charge is 0.345 e. The van der Waals surface area contributed by atoms with Gasteiger partial charge in [0.05, 0.1) is 0 Å². The molecular formula is C14H14F3NO. The van der Waals surface area contributed by atoms with Crippen LogP contribution in [0.4, 0.5) is 13.2 Å². The number of hydrogen-bond acceptors (Lipinski definition) is 1. The van der Waals surface area contributed by atoms with Gasteiger partial charge in [-0.3, -0.25) is 4.79 Å². The molecule has 1 aliphatic rings. The van der Waals surface area contributed by atoms with Crippen molar-refractivity contribution in [2.24, 2.45) is 0 Å². The van der Waals surface area contributed by atoms with Crippen LogP contribution in [-0.4, -0.2) is 18.6 Å². The van der Waals surface area contributed by atoms with Crippen LogP contribution in [0.3, 0.4) is 0 Å². The summed E-state index contributed by atoms with van der Waals surface area (Å²) in [5.41, 5.74) is 3.29. The zero-order chi connectivity index (χ0) is 13.9. The van der Waals surface area contributed by atoms with E-state index in [4.69, 9.17) is 0 Å². The van der Waals surface area contributed by atoms with Gasteiger partial charge in [-0.05, 0) is 36.0 Å². The summed E-state index contributed by atoms with van der Waals surface area (Å²) in [4.78, 5) is 10.7. The number of amides is 1. The number of carbonyl (C=O) groups is 1. The van der Waals surface area contributed by atoms with Gasteiger partial charge in [-0.25, -0.2) is 0 Å². The summed E-state index contributed by atoms with van der Waals surface area (Å²) in [5.74, 6) is -1.89. The molecule has 102 valence electrons. The Hall–Kier alpha value is -1.78. The Morgan fingerprint density at radius 2 is 2.00 bits per heavy atom. The molecule has 0 saturated carbocycles. The van der Waals surface area contributed by atoms with Crippen LogP contribution in [-0.2, 0) is 11.2 Å². The van der Waals surface area contributed by atoms with E-state index in [-0.39, 0.29) is 6.54 Å². The largest absolute Gasteiger partial charge is 0.471 e. The highest BCUT2D eigenvalue weighted by Gasteiger charge is 2.38. The molecule has 0 aliphatic heterocycles. The first-order chi connectivity index (χ1) is 8.98. The molecule has 1 aromatic rings. The summed E-state index contributed by atoms with van der Waals surface area (Å²) in [7, 11) is 0. The molecule has 0 bridgehead atoms. The van der Waals surface area contributed by atoms with Gasteiger partial charge in [-0.1, -0.05) is 30.3 Å². The summed E-state index contributed by atoms with van der Waals surface area (Å²) in [6.07, 6.45) is -0.345. The van der Waals surface area contributed by atoms with Gasteiger partial charge in [0.25, 0.3) is 0 Å². The number of hydrogen-bond donors (Lipinski definition) is 1. The van der Waals surface area contributed by atoms with Crippen LogP contribution in [0.15, 0.2) is 30.3 Å². The number of allylic oxidation sites excluding steroid dienone is 1. The first kappa shape index (κ1) is 13.6. The molecule has 5 heteroatoms. The maximum Gasteiger partial charge on any atom is 0.471 e. The number of rotatable bonds is 2. The van der Waals surface area contributed by atoms with Crippen molar-refractivity contribution in [3.63, 3.8) is 0 Å². The van der Waals surface area contributed by atoms with E-state index in [1.807, 2.05) is 29.6 Å². The third-order valence-electron chi connectivity index (χ3n) is 3.12. The standard InChI is InChI=1S/C14H14F3NO/c15-14(16,17)13(19)18-9-8-11-6-3-5-10-4-1-2-7-12(10)11/h1-2,4,7-8H,3,5-6,9H2,(H,18,19)/b11-8+. The second-order valence-electron chi connectivity index (χ2n) is 4.45. The quantitative estimate of drug-likeness (QED) is 0.878. The lowest BCUT2D eigenvalue weighted by Gasteiger charge is -2.19. The lowest BCUT2D eigenvalue weighted by Crippen LogP contribution is -2.36. The van der Waals surface area contributed by atoms with E-state index in [9.17, 15) is 18.0 Å². The molecular weight excluding hydrogens is 255 g/mol. The van der Waals surface area contributed by atoms with Crippen molar-refractivity contribution in [2.75, 3.05) is 6.54 Å². The predicted octanol–water partition coefficient (Wildman–Crippen LogP) is 3.08. The molecule has 1 aliphatic carbocycles. The van der Waals surface area contributed by atoms with Crippen LogP contribution in [0.5, 0.6) is 0 Å². The molecule has 0 aromatic heterocycles. The lowest BCUT2D eigenvalue weighted by atomic mass is 9.87. The maximum atomic E-state index is 12.0. The van der Waals surface area contributed by atoms with E-state index in [0.29, 0.717) is 0 Å². The van der Waals surface area contributed by atoms with Gasteiger partial charge in [0.2, 0.25) is 0 Å². The number of halogens is 3. The highest BCUT2D eigenvalue weighted by molar-refractivity contribution is 5.82. The highest BCUT2D eigenvalue weighted by Crippen LogP contribution is 2.30.